The first-order valence-corrected chi connectivity index (χ1v) is 12.6. The number of nitrogens with two attached hydrogens (primary N) is 1. The Morgan fingerprint density at radius 3 is 2.17 bits per heavy atom. The van der Waals surface area contributed by atoms with Gasteiger partial charge in [-0.2, -0.15) is 0 Å². The van der Waals surface area contributed by atoms with Gasteiger partial charge in [-0.3, -0.25) is 14.4 Å². The molecule has 0 radical (unpaired) electrons. The molecule has 0 aliphatic carbocycles. The van der Waals surface area contributed by atoms with Crippen molar-refractivity contribution in [2.45, 2.75) is 104 Å². The number of unbranched alkanes of at least 4 members (excludes halogenated alkanes) is 1. The molecule has 1 aromatic carbocycles. The first-order chi connectivity index (χ1) is 16.6. The van der Waals surface area contributed by atoms with Gasteiger partial charge in [0.1, 0.15) is 17.7 Å². The zero-order valence-corrected chi connectivity index (χ0v) is 23.1. The first-order valence-electron chi connectivity index (χ1n) is 12.6. The highest BCUT2D eigenvalue weighted by Crippen LogP contribution is 2.33. The van der Waals surface area contributed by atoms with Crippen LogP contribution in [0.15, 0.2) is 24.3 Å². The lowest BCUT2D eigenvalue weighted by molar-refractivity contribution is -0.150. The second-order valence-corrected chi connectivity index (χ2v) is 10.6. The molecular weight excluding hydrogens is 460 g/mol. The van der Waals surface area contributed by atoms with E-state index in [0.29, 0.717) is 18.5 Å². The molecule has 0 fully saturated rings. The molecule has 2 atom stereocenters. The van der Waals surface area contributed by atoms with E-state index in [-0.39, 0.29) is 5.91 Å². The lowest BCUT2D eigenvalue weighted by atomic mass is 9.90. The summed E-state index contributed by atoms with van der Waals surface area (Å²) in [4.78, 5) is 53.7. The maximum atomic E-state index is 14.1. The summed E-state index contributed by atoms with van der Waals surface area (Å²) in [6.07, 6.45) is 0.919. The number of benzene rings is 1. The number of alkyl carbamates (subject to hydrolysis) is 1. The third-order valence-electron chi connectivity index (χ3n) is 5.97. The van der Waals surface area contributed by atoms with Gasteiger partial charge in [0.2, 0.25) is 17.7 Å². The van der Waals surface area contributed by atoms with Crippen molar-refractivity contribution in [1.82, 2.24) is 15.5 Å². The highest BCUT2D eigenvalue weighted by molar-refractivity contribution is 5.95. The molecule has 0 saturated carbocycles. The molecule has 4 amide bonds. The van der Waals surface area contributed by atoms with E-state index in [4.69, 9.17) is 10.5 Å². The van der Waals surface area contributed by atoms with Gasteiger partial charge in [-0.25, -0.2) is 4.79 Å². The highest BCUT2D eigenvalue weighted by Gasteiger charge is 2.43. The van der Waals surface area contributed by atoms with Gasteiger partial charge < -0.3 is 26.0 Å². The number of aryl methyl sites for hydroxylation is 1. The molecule has 0 bridgehead atoms. The third kappa shape index (κ3) is 9.17. The minimum absolute atomic E-state index is 0.331. The van der Waals surface area contributed by atoms with Crippen LogP contribution >= 0.6 is 0 Å². The number of primary amides is 1. The van der Waals surface area contributed by atoms with E-state index >= 15 is 0 Å². The number of hydrogen-bond acceptors (Lipinski definition) is 5. The van der Waals surface area contributed by atoms with Crippen LogP contribution < -0.4 is 16.4 Å². The quantitative estimate of drug-likeness (QED) is 0.373. The zero-order chi connectivity index (χ0) is 27.7. The van der Waals surface area contributed by atoms with Crippen LogP contribution in [0.25, 0.3) is 0 Å². The molecule has 2 unspecified atom stereocenters. The lowest BCUT2D eigenvalue weighted by Gasteiger charge is -2.44. The van der Waals surface area contributed by atoms with Gasteiger partial charge in [0.05, 0.1) is 6.42 Å². The average Bonchev–Trinajstić information content (AvgIpc) is 2.75. The SMILES string of the molecule is CCCCNC(=O)C(c1ccccc1C)N(C(=O)C(CC(N)=O)NC(=O)OC(C)(C)C)C(C)(C)CC. The summed E-state index contributed by atoms with van der Waals surface area (Å²) in [6, 6.07) is 5.08. The topological polar surface area (TPSA) is 131 Å². The second-order valence-electron chi connectivity index (χ2n) is 10.6. The molecule has 4 N–H and O–H groups in total. The summed E-state index contributed by atoms with van der Waals surface area (Å²) in [6.45, 7) is 15.1. The van der Waals surface area contributed by atoms with Crippen molar-refractivity contribution in [3.8, 4) is 0 Å². The molecule has 1 aromatic rings. The van der Waals surface area contributed by atoms with Gasteiger partial charge in [-0.1, -0.05) is 44.5 Å². The number of carbonyl (C=O) groups is 4. The standard InChI is InChI=1S/C27H44N4O5/c1-9-11-16-29-23(33)22(19-15-13-12-14-18(19)3)31(27(7,8)10-2)24(34)20(17-21(28)32)30-25(35)36-26(4,5)6/h12-15,20,22H,9-11,16-17H2,1-8H3,(H2,28,32)(H,29,33)(H,30,35). The van der Waals surface area contributed by atoms with Crippen molar-refractivity contribution in [1.29, 1.82) is 0 Å². The molecular formula is C27H44N4O5. The maximum absolute atomic E-state index is 14.1. The summed E-state index contributed by atoms with van der Waals surface area (Å²) in [5, 5.41) is 5.46. The van der Waals surface area contributed by atoms with E-state index in [0.717, 1.165) is 18.4 Å². The minimum atomic E-state index is -1.31. The van der Waals surface area contributed by atoms with Gasteiger partial charge in [0.25, 0.3) is 0 Å². The Kier molecular flexibility index (Phi) is 11.4. The minimum Gasteiger partial charge on any atom is -0.444 e. The highest BCUT2D eigenvalue weighted by atomic mass is 16.6. The van der Waals surface area contributed by atoms with Crippen LogP contribution in [-0.2, 0) is 19.1 Å². The Hall–Kier alpha value is -3.10. The largest absolute Gasteiger partial charge is 0.444 e. The number of rotatable bonds is 12. The molecule has 0 aliphatic heterocycles. The Bertz CT molecular complexity index is 923. The Labute approximate surface area is 215 Å². The summed E-state index contributed by atoms with van der Waals surface area (Å²) in [5.74, 6) is -1.69. The molecule has 1 rings (SSSR count). The van der Waals surface area contributed by atoms with Gasteiger partial charge in [0.15, 0.2) is 0 Å². The van der Waals surface area contributed by atoms with E-state index in [2.05, 4.69) is 10.6 Å². The van der Waals surface area contributed by atoms with Crippen LogP contribution in [0.3, 0.4) is 0 Å². The normalized spacial score (nSPS) is 13.3. The van der Waals surface area contributed by atoms with E-state index < -0.39 is 47.6 Å². The molecule has 0 aromatic heterocycles. The Morgan fingerprint density at radius 1 is 1.06 bits per heavy atom. The van der Waals surface area contributed by atoms with Gasteiger partial charge in [-0.05, 0) is 65.5 Å². The van der Waals surface area contributed by atoms with Crippen molar-refractivity contribution < 1.29 is 23.9 Å². The predicted octanol–water partition coefficient (Wildman–Crippen LogP) is 3.74. The number of ether oxygens (including phenoxy) is 1. The number of hydrogen-bond donors (Lipinski definition) is 3. The molecule has 0 saturated heterocycles. The lowest BCUT2D eigenvalue weighted by Crippen LogP contribution is -2.60. The van der Waals surface area contributed by atoms with Crippen LogP contribution in [0.5, 0.6) is 0 Å². The number of carbonyl (C=O) groups excluding carboxylic acids is 4. The van der Waals surface area contributed by atoms with Crippen LogP contribution in [0, 0.1) is 6.92 Å². The summed E-state index contributed by atoms with van der Waals surface area (Å²) in [7, 11) is 0. The smallest absolute Gasteiger partial charge is 0.408 e. The fourth-order valence-electron chi connectivity index (χ4n) is 3.74. The molecule has 9 nitrogen and oxygen atoms in total. The van der Waals surface area contributed by atoms with E-state index in [1.807, 2.05) is 58.9 Å². The number of nitrogens with zero attached hydrogens (tertiary/aromatic N) is 1. The van der Waals surface area contributed by atoms with E-state index in [9.17, 15) is 19.2 Å². The van der Waals surface area contributed by atoms with Crippen molar-refractivity contribution in [3.63, 3.8) is 0 Å². The fourth-order valence-corrected chi connectivity index (χ4v) is 3.74. The van der Waals surface area contributed by atoms with Crippen LogP contribution in [0.2, 0.25) is 0 Å². The Morgan fingerprint density at radius 2 is 1.67 bits per heavy atom. The second kappa shape index (κ2) is 13.3. The third-order valence-corrected chi connectivity index (χ3v) is 5.97. The maximum Gasteiger partial charge on any atom is 0.408 e. The van der Waals surface area contributed by atoms with Gasteiger partial charge in [0, 0.05) is 12.1 Å². The van der Waals surface area contributed by atoms with Gasteiger partial charge >= 0.3 is 6.09 Å². The van der Waals surface area contributed by atoms with Crippen molar-refractivity contribution in [2.24, 2.45) is 5.73 Å². The van der Waals surface area contributed by atoms with Crippen molar-refractivity contribution >= 4 is 23.8 Å². The zero-order valence-electron chi connectivity index (χ0n) is 23.1. The predicted molar refractivity (Wildman–Crippen MR) is 140 cm³/mol. The number of amides is 4. The van der Waals surface area contributed by atoms with E-state index in [1.54, 1.807) is 20.8 Å². The fraction of sp³-hybridized carbons (Fsp3) is 0.630. The number of nitrogens with one attached hydrogen (secondary N) is 2. The summed E-state index contributed by atoms with van der Waals surface area (Å²) < 4.78 is 5.32. The first kappa shape index (κ1) is 30.9. The van der Waals surface area contributed by atoms with Gasteiger partial charge in [-0.15, -0.1) is 0 Å². The Balaban J connectivity index is 3.62. The molecule has 9 heteroatoms. The van der Waals surface area contributed by atoms with E-state index in [1.165, 1.54) is 4.90 Å². The average molecular weight is 505 g/mol. The molecule has 0 spiro atoms. The molecule has 0 heterocycles. The van der Waals surface area contributed by atoms with Crippen molar-refractivity contribution in [2.75, 3.05) is 6.54 Å². The summed E-state index contributed by atoms with van der Waals surface area (Å²) >= 11 is 0. The molecule has 0 aliphatic rings. The molecule has 202 valence electrons. The molecule has 36 heavy (non-hydrogen) atoms. The van der Waals surface area contributed by atoms with Crippen LogP contribution in [0.1, 0.15) is 91.3 Å². The van der Waals surface area contributed by atoms with Crippen molar-refractivity contribution in [3.05, 3.63) is 35.4 Å². The van der Waals surface area contributed by atoms with Crippen LogP contribution in [0.4, 0.5) is 4.79 Å². The monoisotopic (exact) mass is 504 g/mol. The van der Waals surface area contributed by atoms with Crippen LogP contribution in [-0.4, -0.2) is 52.4 Å². The summed E-state index contributed by atoms with van der Waals surface area (Å²) in [5.41, 5.74) is 5.33.